The second-order valence-corrected chi connectivity index (χ2v) is 4.50. The molecule has 2 nitrogen and oxygen atoms in total. The molecule has 0 aliphatic heterocycles. The molecule has 1 aliphatic carbocycles. The van der Waals surface area contributed by atoms with Gasteiger partial charge in [-0.3, -0.25) is 4.79 Å². The van der Waals surface area contributed by atoms with Gasteiger partial charge in [0.05, 0.1) is 9.65 Å². The van der Waals surface area contributed by atoms with E-state index in [0.29, 0.717) is 18.8 Å². The first-order valence-corrected chi connectivity index (χ1v) is 5.54. The van der Waals surface area contributed by atoms with Crippen LogP contribution in [-0.2, 0) is 4.79 Å². The minimum Gasteiger partial charge on any atom is -0.294 e. The molecule has 70 valence electrons. The zero-order chi connectivity index (χ0) is 9.84. The van der Waals surface area contributed by atoms with Gasteiger partial charge in [-0.25, -0.2) is 0 Å². The zero-order valence-corrected chi connectivity index (χ0v) is 9.74. The minimum absolute atomic E-state index is 0.200. The number of carbonyl (C=O) groups excluding carboxylic acids is 1. The van der Waals surface area contributed by atoms with E-state index in [1.807, 2.05) is 6.08 Å². The van der Waals surface area contributed by atoms with E-state index >= 15 is 0 Å². The fourth-order valence-electron chi connectivity index (χ4n) is 1.70. The number of hydrogen-bond acceptors (Lipinski definition) is 2. The highest BCUT2D eigenvalue weighted by atomic mass is 127. The second-order valence-electron chi connectivity index (χ2n) is 3.34. The average Bonchev–Trinajstić information content (AvgIpc) is 2.11. The molecule has 1 rings (SSSR count). The monoisotopic (exact) mass is 289 g/mol. The van der Waals surface area contributed by atoms with E-state index in [1.165, 1.54) is 0 Å². The largest absolute Gasteiger partial charge is 0.294 e. The van der Waals surface area contributed by atoms with Gasteiger partial charge in [0, 0.05) is 12.8 Å². The molecule has 0 heterocycles. The number of halogens is 1. The Morgan fingerprint density at radius 3 is 3.00 bits per heavy atom. The third-order valence-corrected chi connectivity index (χ3v) is 3.47. The van der Waals surface area contributed by atoms with Crippen molar-refractivity contribution < 1.29 is 4.79 Å². The Morgan fingerprint density at radius 2 is 2.46 bits per heavy atom. The van der Waals surface area contributed by atoms with E-state index in [-0.39, 0.29) is 11.7 Å². The van der Waals surface area contributed by atoms with Crippen molar-refractivity contribution in [1.29, 1.82) is 5.26 Å². The summed E-state index contributed by atoms with van der Waals surface area (Å²) in [5.41, 5.74) is 0. The number of hydrogen-bond donors (Lipinski definition) is 0. The number of ketones is 1. The molecule has 0 saturated heterocycles. The van der Waals surface area contributed by atoms with Crippen molar-refractivity contribution in [3.8, 4) is 6.07 Å². The molecule has 0 aromatic heterocycles. The summed E-state index contributed by atoms with van der Waals surface area (Å²) >= 11 is 2.09. The van der Waals surface area contributed by atoms with Crippen LogP contribution in [-0.4, -0.2) is 5.78 Å². The third-order valence-electron chi connectivity index (χ3n) is 2.50. The van der Waals surface area contributed by atoms with E-state index in [1.54, 1.807) is 0 Å². The van der Waals surface area contributed by atoms with Crippen LogP contribution < -0.4 is 0 Å². The Balaban J connectivity index is 2.78. The smallest absolute Gasteiger partial charge is 0.168 e. The Hall–Kier alpha value is -0.370. The summed E-state index contributed by atoms with van der Waals surface area (Å²) in [6.45, 7) is 2.10. The lowest BCUT2D eigenvalue weighted by Gasteiger charge is -2.25. The first kappa shape index (κ1) is 10.7. The summed E-state index contributed by atoms with van der Waals surface area (Å²) in [7, 11) is 0. The van der Waals surface area contributed by atoms with Crippen LogP contribution in [0.5, 0.6) is 0 Å². The van der Waals surface area contributed by atoms with Gasteiger partial charge in [-0.05, 0) is 40.8 Å². The van der Waals surface area contributed by atoms with E-state index in [0.717, 1.165) is 10.0 Å². The highest BCUT2D eigenvalue weighted by molar-refractivity contribution is 14.1. The van der Waals surface area contributed by atoms with Crippen LogP contribution in [0.2, 0.25) is 0 Å². The number of nitriles is 1. The Labute approximate surface area is 92.1 Å². The molecule has 0 saturated carbocycles. The van der Waals surface area contributed by atoms with E-state index in [4.69, 9.17) is 5.26 Å². The maximum absolute atomic E-state index is 11.4. The number of allylic oxidation sites excluding steroid dienone is 2. The highest BCUT2D eigenvalue weighted by Gasteiger charge is 2.27. The average molecular weight is 289 g/mol. The molecule has 0 aromatic carbocycles. The van der Waals surface area contributed by atoms with Crippen LogP contribution in [0, 0.1) is 23.2 Å². The van der Waals surface area contributed by atoms with Crippen molar-refractivity contribution in [1.82, 2.24) is 0 Å². The topological polar surface area (TPSA) is 40.9 Å². The van der Waals surface area contributed by atoms with Gasteiger partial charge in [-0.15, -0.1) is 0 Å². The van der Waals surface area contributed by atoms with E-state index < -0.39 is 0 Å². The molecule has 3 heteroatoms. The lowest BCUT2D eigenvalue weighted by atomic mass is 9.80. The molecule has 0 bridgehead atoms. The summed E-state index contributed by atoms with van der Waals surface area (Å²) in [4.78, 5) is 11.4. The first-order valence-electron chi connectivity index (χ1n) is 4.46. The van der Waals surface area contributed by atoms with Gasteiger partial charge in [-0.1, -0.05) is 13.0 Å². The van der Waals surface area contributed by atoms with Crippen LogP contribution >= 0.6 is 22.6 Å². The number of Topliss-reactive ketones (excluding diaryl/α,β-unsaturated/α-hetero) is 1. The van der Waals surface area contributed by atoms with E-state index in [2.05, 4.69) is 35.6 Å². The predicted octanol–water partition coefficient (Wildman–Crippen LogP) is 2.83. The molecule has 0 radical (unpaired) electrons. The van der Waals surface area contributed by atoms with Crippen molar-refractivity contribution in [2.24, 2.45) is 11.8 Å². The highest BCUT2D eigenvalue weighted by Crippen LogP contribution is 2.33. The normalized spacial score (nSPS) is 28.1. The summed E-state index contributed by atoms with van der Waals surface area (Å²) in [5.74, 6) is 0.871. The van der Waals surface area contributed by atoms with Gasteiger partial charge in [0.1, 0.15) is 0 Å². The van der Waals surface area contributed by atoms with E-state index in [9.17, 15) is 4.79 Å². The van der Waals surface area contributed by atoms with Crippen molar-refractivity contribution >= 4 is 28.4 Å². The maximum atomic E-state index is 11.4. The van der Waals surface area contributed by atoms with Crippen LogP contribution in [0.1, 0.15) is 26.2 Å². The molecule has 0 fully saturated rings. The molecule has 0 aromatic rings. The zero-order valence-electron chi connectivity index (χ0n) is 7.59. The van der Waals surface area contributed by atoms with Gasteiger partial charge in [-0.2, -0.15) is 5.26 Å². The van der Waals surface area contributed by atoms with Gasteiger partial charge < -0.3 is 0 Å². The molecule has 0 spiro atoms. The Bertz CT molecular complexity index is 277. The first-order chi connectivity index (χ1) is 6.19. The molecular weight excluding hydrogens is 277 g/mol. The molecule has 0 N–H and O–H groups in total. The van der Waals surface area contributed by atoms with Crippen LogP contribution in [0.4, 0.5) is 0 Å². The predicted molar refractivity (Wildman–Crippen MR) is 59.2 cm³/mol. The standard InChI is InChI=1S/C10H12INO/c1-2-7-5-9(11)10(13)6-8(7)3-4-12/h5,7-8H,2-3,6H2,1H3/t7-,8-/m1/s1. The fraction of sp³-hybridized carbons (Fsp3) is 0.600. The lowest BCUT2D eigenvalue weighted by molar-refractivity contribution is -0.116. The maximum Gasteiger partial charge on any atom is 0.168 e. The fourth-order valence-corrected chi connectivity index (χ4v) is 2.38. The third kappa shape index (κ3) is 2.53. The van der Waals surface area contributed by atoms with Gasteiger partial charge in [0.25, 0.3) is 0 Å². The Kier molecular flexibility index (Phi) is 3.91. The van der Waals surface area contributed by atoms with Gasteiger partial charge >= 0.3 is 0 Å². The molecule has 0 amide bonds. The van der Waals surface area contributed by atoms with Crippen molar-refractivity contribution in [3.05, 3.63) is 9.66 Å². The van der Waals surface area contributed by atoms with Crippen molar-refractivity contribution in [2.75, 3.05) is 0 Å². The lowest BCUT2D eigenvalue weighted by Crippen LogP contribution is -2.21. The van der Waals surface area contributed by atoms with Gasteiger partial charge in [0.2, 0.25) is 0 Å². The molecule has 1 aliphatic rings. The van der Waals surface area contributed by atoms with Crippen molar-refractivity contribution in [2.45, 2.75) is 26.2 Å². The minimum atomic E-state index is 0.200. The number of nitrogens with zero attached hydrogens (tertiary/aromatic N) is 1. The van der Waals surface area contributed by atoms with Crippen LogP contribution in [0.15, 0.2) is 9.66 Å². The molecular formula is C10H12INO. The summed E-state index contributed by atoms with van der Waals surface area (Å²) in [5, 5.41) is 8.60. The van der Waals surface area contributed by atoms with Gasteiger partial charge in [0.15, 0.2) is 5.78 Å². The van der Waals surface area contributed by atoms with Crippen molar-refractivity contribution in [3.63, 3.8) is 0 Å². The molecule has 13 heavy (non-hydrogen) atoms. The summed E-state index contributed by atoms with van der Waals surface area (Å²) in [6.07, 6.45) is 4.10. The number of rotatable bonds is 2. The molecule has 0 unspecified atom stereocenters. The van der Waals surface area contributed by atoms with Crippen LogP contribution in [0.3, 0.4) is 0 Å². The van der Waals surface area contributed by atoms with Crippen LogP contribution in [0.25, 0.3) is 0 Å². The quantitative estimate of drug-likeness (QED) is 0.733. The second kappa shape index (κ2) is 4.75. The SMILES string of the molecule is CC[C@@H]1C=C(I)C(=O)C[C@H]1CC#N. The summed E-state index contributed by atoms with van der Waals surface area (Å²) in [6, 6.07) is 2.15. The number of carbonyl (C=O) groups is 1. The Morgan fingerprint density at radius 1 is 1.77 bits per heavy atom. The molecule has 2 atom stereocenters. The summed E-state index contributed by atoms with van der Waals surface area (Å²) < 4.78 is 0.846.